The number of aryl methyl sites for hydroxylation is 2. The molecule has 2 aromatic rings. The van der Waals surface area contributed by atoms with Crippen LogP contribution in [0.15, 0.2) is 18.2 Å². The van der Waals surface area contributed by atoms with E-state index in [-0.39, 0.29) is 0 Å². The molecule has 102 valence electrons. The van der Waals surface area contributed by atoms with Gasteiger partial charge < -0.3 is 5.32 Å². The molecule has 1 heterocycles. The van der Waals surface area contributed by atoms with Crippen LogP contribution in [0.25, 0.3) is 0 Å². The number of thiazole rings is 1. The van der Waals surface area contributed by atoms with E-state index in [0.717, 1.165) is 27.7 Å². The molecule has 2 rings (SSSR count). The highest BCUT2D eigenvalue weighted by Crippen LogP contribution is 2.29. The molecule has 0 bridgehead atoms. The summed E-state index contributed by atoms with van der Waals surface area (Å²) in [5.41, 5.74) is 1.23. The van der Waals surface area contributed by atoms with Crippen molar-refractivity contribution in [2.24, 2.45) is 0 Å². The van der Waals surface area contributed by atoms with Gasteiger partial charge in [0.05, 0.1) is 11.7 Å². The van der Waals surface area contributed by atoms with E-state index < -0.39 is 17.7 Å². The maximum Gasteiger partial charge on any atom is 0.128 e. The Morgan fingerprint density at radius 3 is 2.63 bits per heavy atom. The average Bonchev–Trinajstić information content (AvgIpc) is 2.70. The molecule has 1 atom stereocenters. The fourth-order valence-electron chi connectivity index (χ4n) is 1.89. The number of nitrogens with zero attached hydrogens (tertiary/aromatic N) is 1. The van der Waals surface area contributed by atoms with Gasteiger partial charge in [0, 0.05) is 10.4 Å². The monoisotopic (exact) mass is 282 g/mol. The minimum Gasteiger partial charge on any atom is -0.304 e. The third kappa shape index (κ3) is 2.98. The van der Waals surface area contributed by atoms with Crippen molar-refractivity contribution in [3.8, 4) is 0 Å². The molecule has 0 amide bonds. The summed E-state index contributed by atoms with van der Waals surface area (Å²) in [4.78, 5) is 5.54. The van der Waals surface area contributed by atoms with Crippen molar-refractivity contribution in [3.63, 3.8) is 0 Å². The number of benzene rings is 1. The second kappa shape index (κ2) is 5.75. The Labute approximate surface area is 115 Å². The maximum atomic E-state index is 13.9. The van der Waals surface area contributed by atoms with E-state index in [1.165, 1.54) is 17.4 Å². The summed E-state index contributed by atoms with van der Waals surface area (Å²) >= 11 is 1.51. The van der Waals surface area contributed by atoms with Gasteiger partial charge >= 0.3 is 0 Å². The number of hydrogen-bond donors (Lipinski definition) is 1. The Morgan fingerprint density at radius 1 is 1.32 bits per heavy atom. The van der Waals surface area contributed by atoms with Crippen molar-refractivity contribution < 1.29 is 8.78 Å². The highest BCUT2D eigenvalue weighted by Gasteiger charge is 2.21. The first-order chi connectivity index (χ1) is 9.02. The molecule has 0 aliphatic rings. The molecule has 0 fully saturated rings. The topological polar surface area (TPSA) is 24.9 Å². The molecular weight excluding hydrogens is 266 g/mol. The summed E-state index contributed by atoms with van der Waals surface area (Å²) < 4.78 is 27.2. The van der Waals surface area contributed by atoms with E-state index in [4.69, 9.17) is 0 Å². The fraction of sp³-hybridized carbons (Fsp3) is 0.357. The molecule has 0 aliphatic heterocycles. The molecule has 1 N–H and O–H groups in total. The molecule has 0 radical (unpaired) electrons. The Hall–Kier alpha value is -1.33. The second-order valence-electron chi connectivity index (χ2n) is 4.35. The largest absolute Gasteiger partial charge is 0.304 e. The molecule has 0 aliphatic carbocycles. The van der Waals surface area contributed by atoms with E-state index in [9.17, 15) is 8.78 Å². The zero-order valence-corrected chi connectivity index (χ0v) is 11.9. The third-order valence-corrected chi connectivity index (χ3v) is 4.11. The number of aromatic nitrogens is 1. The van der Waals surface area contributed by atoms with E-state index in [1.807, 2.05) is 20.8 Å². The summed E-state index contributed by atoms with van der Waals surface area (Å²) in [6.45, 7) is 6.47. The van der Waals surface area contributed by atoms with Crippen LogP contribution in [0.5, 0.6) is 0 Å². The van der Waals surface area contributed by atoms with Crippen LogP contribution in [-0.2, 0) is 0 Å². The van der Waals surface area contributed by atoms with E-state index >= 15 is 0 Å². The molecule has 0 spiro atoms. The standard InChI is InChI=1S/C14H16F2N2S/c1-4-17-13(14-18-8(2)9(3)19-14)11-7-10(15)5-6-12(11)16/h5-7,13,17H,4H2,1-3H3. The molecule has 2 nitrogen and oxygen atoms in total. The highest BCUT2D eigenvalue weighted by molar-refractivity contribution is 7.11. The molecule has 1 aromatic heterocycles. The second-order valence-corrected chi connectivity index (χ2v) is 5.58. The smallest absolute Gasteiger partial charge is 0.128 e. The Balaban J connectivity index is 2.47. The van der Waals surface area contributed by atoms with Crippen LogP contribution < -0.4 is 5.32 Å². The van der Waals surface area contributed by atoms with Gasteiger partial charge in [0.15, 0.2) is 0 Å². The van der Waals surface area contributed by atoms with Gasteiger partial charge in [0.1, 0.15) is 16.6 Å². The van der Waals surface area contributed by atoms with Crippen LogP contribution in [0, 0.1) is 25.5 Å². The van der Waals surface area contributed by atoms with Gasteiger partial charge in [-0.15, -0.1) is 11.3 Å². The SMILES string of the molecule is CCNC(c1nc(C)c(C)s1)c1cc(F)ccc1F. The highest BCUT2D eigenvalue weighted by atomic mass is 32.1. The summed E-state index contributed by atoms with van der Waals surface area (Å²) in [7, 11) is 0. The molecule has 5 heteroatoms. The van der Waals surface area contributed by atoms with E-state index in [1.54, 1.807) is 0 Å². The molecule has 19 heavy (non-hydrogen) atoms. The first-order valence-corrected chi connectivity index (χ1v) is 6.96. The fourth-order valence-corrected chi connectivity index (χ4v) is 2.91. The summed E-state index contributed by atoms with van der Waals surface area (Å²) in [5.74, 6) is -0.859. The molecule has 0 saturated carbocycles. The van der Waals surface area contributed by atoms with Gasteiger partial charge in [-0.05, 0) is 38.6 Å². The lowest BCUT2D eigenvalue weighted by atomic mass is 10.1. The molecule has 1 aromatic carbocycles. The van der Waals surface area contributed by atoms with Crippen LogP contribution in [0.4, 0.5) is 8.78 Å². The van der Waals surface area contributed by atoms with E-state index in [0.29, 0.717) is 12.1 Å². The van der Waals surface area contributed by atoms with Crippen molar-refractivity contribution in [1.82, 2.24) is 10.3 Å². The number of rotatable bonds is 4. The average molecular weight is 282 g/mol. The van der Waals surface area contributed by atoms with Gasteiger partial charge in [0.25, 0.3) is 0 Å². The van der Waals surface area contributed by atoms with Crippen molar-refractivity contribution in [1.29, 1.82) is 0 Å². The van der Waals surface area contributed by atoms with E-state index in [2.05, 4.69) is 10.3 Å². The lowest BCUT2D eigenvalue weighted by Crippen LogP contribution is -2.23. The molecular formula is C14H16F2N2S. The van der Waals surface area contributed by atoms with Crippen LogP contribution in [-0.4, -0.2) is 11.5 Å². The number of hydrogen-bond acceptors (Lipinski definition) is 3. The molecule has 1 unspecified atom stereocenters. The zero-order valence-electron chi connectivity index (χ0n) is 11.1. The summed E-state index contributed by atoms with van der Waals surface area (Å²) in [6, 6.07) is 3.11. The zero-order chi connectivity index (χ0) is 14.0. The predicted molar refractivity (Wildman–Crippen MR) is 73.5 cm³/mol. The Bertz CT molecular complexity index is 561. The first kappa shape index (κ1) is 14.1. The minimum absolute atomic E-state index is 0.301. The summed E-state index contributed by atoms with van der Waals surface area (Å²) in [6.07, 6.45) is 0. The van der Waals surface area contributed by atoms with Gasteiger partial charge in [-0.1, -0.05) is 6.92 Å². The van der Waals surface area contributed by atoms with Crippen LogP contribution in [0.1, 0.15) is 34.1 Å². The van der Waals surface area contributed by atoms with Crippen molar-refractivity contribution in [2.45, 2.75) is 26.8 Å². The van der Waals surface area contributed by atoms with Crippen LogP contribution in [0.2, 0.25) is 0 Å². The Morgan fingerprint density at radius 2 is 2.05 bits per heavy atom. The quantitative estimate of drug-likeness (QED) is 0.924. The van der Waals surface area contributed by atoms with Crippen LogP contribution >= 0.6 is 11.3 Å². The van der Waals surface area contributed by atoms with Crippen molar-refractivity contribution in [2.75, 3.05) is 6.54 Å². The Kier molecular flexibility index (Phi) is 4.27. The minimum atomic E-state index is -0.440. The van der Waals surface area contributed by atoms with Gasteiger partial charge in [-0.3, -0.25) is 0 Å². The number of halogens is 2. The summed E-state index contributed by atoms with van der Waals surface area (Å²) in [5, 5.41) is 3.93. The number of nitrogens with one attached hydrogen (secondary N) is 1. The third-order valence-electron chi connectivity index (χ3n) is 2.97. The van der Waals surface area contributed by atoms with Gasteiger partial charge in [-0.2, -0.15) is 0 Å². The van der Waals surface area contributed by atoms with Gasteiger partial charge in [0.2, 0.25) is 0 Å². The predicted octanol–water partition coefficient (Wildman–Crippen LogP) is 3.74. The maximum absolute atomic E-state index is 13.9. The van der Waals surface area contributed by atoms with Gasteiger partial charge in [-0.25, -0.2) is 13.8 Å². The molecule has 0 saturated heterocycles. The van der Waals surface area contributed by atoms with Crippen molar-refractivity contribution >= 4 is 11.3 Å². The van der Waals surface area contributed by atoms with Crippen LogP contribution in [0.3, 0.4) is 0 Å². The first-order valence-electron chi connectivity index (χ1n) is 6.15. The normalized spacial score (nSPS) is 12.7. The van der Waals surface area contributed by atoms with Crippen molar-refractivity contribution in [3.05, 3.63) is 51.0 Å². The lowest BCUT2D eigenvalue weighted by molar-refractivity contribution is 0.543. The lowest BCUT2D eigenvalue weighted by Gasteiger charge is -2.16.